The Morgan fingerprint density at radius 1 is 1.06 bits per heavy atom. The molecule has 2 aromatic rings. The van der Waals surface area contributed by atoms with Gasteiger partial charge in [-0.3, -0.25) is 0 Å². The summed E-state index contributed by atoms with van der Waals surface area (Å²) in [7, 11) is 2.01. The number of benzene rings is 1. The Morgan fingerprint density at radius 2 is 1.75 bits per heavy atom. The Balaban J connectivity index is 2.28. The minimum atomic E-state index is 0.937. The zero-order valence-corrected chi connectivity index (χ0v) is 10.9. The lowest BCUT2D eigenvalue weighted by Gasteiger charge is -2.18. The highest BCUT2D eigenvalue weighted by atomic mass is 79.9. The average molecular weight is 277 g/mol. The van der Waals surface area contributed by atoms with E-state index in [0.717, 1.165) is 16.0 Å². The molecule has 0 fully saturated rings. The van der Waals surface area contributed by atoms with Gasteiger partial charge in [-0.15, -0.1) is 0 Å². The number of nitrogens with zero attached hydrogens (tertiary/aromatic N) is 2. The second kappa shape index (κ2) is 4.66. The third-order valence-electron chi connectivity index (χ3n) is 2.48. The van der Waals surface area contributed by atoms with Gasteiger partial charge in [-0.1, -0.05) is 17.7 Å². The zero-order chi connectivity index (χ0) is 11.5. The summed E-state index contributed by atoms with van der Waals surface area (Å²) in [5.74, 6) is 0.937. The summed E-state index contributed by atoms with van der Waals surface area (Å²) in [5, 5.41) is 0. The molecule has 0 saturated heterocycles. The van der Waals surface area contributed by atoms with Crippen molar-refractivity contribution in [2.75, 3.05) is 11.9 Å². The topological polar surface area (TPSA) is 16.1 Å². The van der Waals surface area contributed by atoms with E-state index < -0.39 is 0 Å². The quantitative estimate of drug-likeness (QED) is 0.827. The predicted octanol–water partition coefficient (Wildman–Crippen LogP) is 3.92. The largest absolute Gasteiger partial charge is 0.329 e. The van der Waals surface area contributed by atoms with Gasteiger partial charge < -0.3 is 4.90 Å². The van der Waals surface area contributed by atoms with Gasteiger partial charge in [0.25, 0.3) is 0 Å². The zero-order valence-electron chi connectivity index (χ0n) is 9.31. The van der Waals surface area contributed by atoms with Crippen molar-refractivity contribution < 1.29 is 0 Å². The van der Waals surface area contributed by atoms with Crippen molar-refractivity contribution in [2.24, 2.45) is 0 Å². The molecule has 0 saturated carbocycles. The van der Waals surface area contributed by atoms with Crippen molar-refractivity contribution in [3.63, 3.8) is 0 Å². The highest BCUT2D eigenvalue weighted by Gasteiger charge is 2.04. The molecule has 2 rings (SSSR count). The normalized spacial score (nSPS) is 10.2. The van der Waals surface area contributed by atoms with E-state index in [1.54, 1.807) is 6.20 Å². The van der Waals surface area contributed by atoms with Crippen LogP contribution in [0.5, 0.6) is 0 Å². The SMILES string of the molecule is Cc1ccc(N(C)c2ccc(Br)cn2)cc1. The summed E-state index contributed by atoms with van der Waals surface area (Å²) in [4.78, 5) is 6.42. The van der Waals surface area contributed by atoms with E-state index in [0.29, 0.717) is 0 Å². The summed E-state index contributed by atoms with van der Waals surface area (Å²) in [6, 6.07) is 12.4. The molecule has 0 aliphatic rings. The average Bonchev–Trinajstić information content (AvgIpc) is 2.30. The maximum atomic E-state index is 4.36. The standard InChI is InChI=1S/C13H13BrN2/c1-10-3-6-12(7-4-10)16(2)13-8-5-11(14)9-15-13/h3-9H,1-2H3. The van der Waals surface area contributed by atoms with Crippen LogP contribution in [0.3, 0.4) is 0 Å². The Bertz CT molecular complexity index is 417. The molecule has 1 aromatic heterocycles. The molecule has 0 N–H and O–H groups in total. The van der Waals surface area contributed by atoms with Gasteiger partial charge in [0, 0.05) is 23.4 Å². The molecule has 0 unspecified atom stereocenters. The third-order valence-corrected chi connectivity index (χ3v) is 2.95. The maximum absolute atomic E-state index is 4.36. The van der Waals surface area contributed by atoms with E-state index in [-0.39, 0.29) is 0 Å². The molecule has 3 heteroatoms. The summed E-state index contributed by atoms with van der Waals surface area (Å²) < 4.78 is 0.994. The smallest absolute Gasteiger partial charge is 0.132 e. The minimum Gasteiger partial charge on any atom is -0.329 e. The lowest BCUT2D eigenvalue weighted by molar-refractivity contribution is 1.12. The van der Waals surface area contributed by atoms with Gasteiger partial charge in [-0.25, -0.2) is 4.98 Å². The van der Waals surface area contributed by atoms with E-state index in [4.69, 9.17) is 0 Å². The first-order chi connectivity index (χ1) is 7.66. The van der Waals surface area contributed by atoms with Gasteiger partial charge in [0.1, 0.15) is 5.82 Å². The molecule has 0 atom stereocenters. The number of pyridine rings is 1. The van der Waals surface area contributed by atoms with Gasteiger partial charge in [0.05, 0.1) is 0 Å². The second-order valence-electron chi connectivity index (χ2n) is 3.73. The first-order valence-electron chi connectivity index (χ1n) is 5.09. The molecular weight excluding hydrogens is 264 g/mol. The number of anilines is 2. The minimum absolute atomic E-state index is 0.937. The highest BCUT2D eigenvalue weighted by molar-refractivity contribution is 9.10. The van der Waals surface area contributed by atoms with Crippen LogP contribution in [0.4, 0.5) is 11.5 Å². The Kier molecular flexibility index (Phi) is 3.25. The van der Waals surface area contributed by atoms with Gasteiger partial charge in [-0.05, 0) is 47.1 Å². The maximum Gasteiger partial charge on any atom is 0.132 e. The number of hydrogen-bond donors (Lipinski definition) is 0. The number of rotatable bonds is 2. The molecule has 2 nitrogen and oxygen atoms in total. The van der Waals surface area contributed by atoms with Crippen LogP contribution >= 0.6 is 15.9 Å². The number of aryl methyl sites for hydroxylation is 1. The van der Waals surface area contributed by atoms with Crippen LogP contribution < -0.4 is 4.90 Å². The van der Waals surface area contributed by atoms with Gasteiger partial charge in [0.15, 0.2) is 0 Å². The molecule has 0 spiro atoms. The van der Waals surface area contributed by atoms with E-state index in [1.807, 2.05) is 19.2 Å². The van der Waals surface area contributed by atoms with Gasteiger partial charge in [0.2, 0.25) is 0 Å². The molecule has 16 heavy (non-hydrogen) atoms. The molecular formula is C13H13BrN2. The van der Waals surface area contributed by atoms with Crippen LogP contribution in [-0.2, 0) is 0 Å². The number of halogens is 1. The molecule has 82 valence electrons. The fraction of sp³-hybridized carbons (Fsp3) is 0.154. The van der Waals surface area contributed by atoms with Gasteiger partial charge in [-0.2, -0.15) is 0 Å². The lowest BCUT2D eigenvalue weighted by atomic mass is 10.2. The van der Waals surface area contributed by atoms with E-state index in [9.17, 15) is 0 Å². The molecule has 1 aromatic carbocycles. The molecule has 0 aliphatic heterocycles. The van der Waals surface area contributed by atoms with Crippen molar-refractivity contribution in [2.45, 2.75) is 6.92 Å². The fourth-order valence-electron chi connectivity index (χ4n) is 1.47. The summed E-state index contributed by atoms with van der Waals surface area (Å²) in [6.45, 7) is 2.08. The second-order valence-corrected chi connectivity index (χ2v) is 4.64. The number of hydrogen-bond acceptors (Lipinski definition) is 2. The van der Waals surface area contributed by atoms with Crippen LogP contribution in [-0.4, -0.2) is 12.0 Å². The van der Waals surface area contributed by atoms with Crippen LogP contribution in [0.1, 0.15) is 5.56 Å². The highest BCUT2D eigenvalue weighted by Crippen LogP contribution is 2.22. The Hall–Kier alpha value is -1.35. The molecule has 1 heterocycles. The van der Waals surface area contributed by atoms with E-state index in [2.05, 4.69) is 57.0 Å². The molecule has 0 bridgehead atoms. The van der Waals surface area contributed by atoms with Crippen LogP contribution in [0.2, 0.25) is 0 Å². The van der Waals surface area contributed by atoms with E-state index >= 15 is 0 Å². The van der Waals surface area contributed by atoms with Crippen LogP contribution in [0.25, 0.3) is 0 Å². The van der Waals surface area contributed by atoms with E-state index in [1.165, 1.54) is 5.56 Å². The fourth-order valence-corrected chi connectivity index (χ4v) is 1.70. The monoisotopic (exact) mass is 276 g/mol. The lowest BCUT2D eigenvalue weighted by Crippen LogP contribution is -2.10. The molecule has 0 amide bonds. The first-order valence-corrected chi connectivity index (χ1v) is 5.88. The van der Waals surface area contributed by atoms with Crippen LogP contribution in [0.15, 0.2) is 47.1 Å². The molecule has 0 radical (unpaired) electrons. The first kappa shape index (κ1) is 11.1. The van der Waals surface area contributed by atoms with Crippen molar-refractivity contribution >= 4 is 27.4 Å². The Labute approximate surface area is 104 Å². The Morgan fingerprint density at radius 3 is 2.31 bits per heavy atom. The van der Waals surface area contributed by atoms with Crippen LogP contribution in [0, 0.1) is 6.92 Å². The van der Waals surface area contributed by atoms with Crippen molar-refractivity contribution in [3.05, 3.63) is 52.6 Å². The summed E-state index contributed by atoms with van der Waals surface area (Å²) in [6.07, 6.45) is 1.81. The predicted molar refractivity (Wildman–Crippen MR) is 71.2 cm³/mol. The van der Waals surface area contributed by atoms with Gasteiger partial charge >= 0.3 is 0 Å². The number of aromatic nitrogens is 1. The summed E-state index contributed by atoms with van der Waals surface area (Å²) in [5.41, 5.74) is 2.40. The van der Waals surface area contributed by atoms with Crippen molar-refractivity contribution in [1.29, 1.82) is 0 Å². The van der Waals surface area contributed by atoms with Crippen molar-refractivity contribution in [1.82, 2.24) is 4.98 Å². The third kappa shape index (κ3) is 2.42. The van der Waals surface area contributed by atoms with Crippen molar-refractivity contribution in [3.8, 4) is 0 Å². The summed E-state index contributed by atoms with van der Waals surface area (Å²) >= 11 is 3.38. The molecule has 0 aliphatic carbocycles.